The summed E-state index contributed by atoms with van der Waals surface area (Å²) in [4.78, 5) is 11.9. The van der Waals surface area contributed by atoms with Gasteiger partial charge in [-0.05, 0) is 36.9 Å². The Morgan fingerprint density at radius 2 is 1.85 bits per heavy atom. The van der Waals surface area contributed by atoms with Crippen LogP contribution in [0.15, 0.2) is 42.0 Å². The Bertz CT molecular complexity index is 729. The molecular weight excluding hydrogens is 272 g/mol. The van der Waals surface area contributed by atoms with E-state index in [1.165, 1.54) is 0 Å². The first kappa shape index (κ1) is 13.2. The van der Waals surface area contributed by atoms with Crippen LogP contribution in [0.3, 0.4) is 0 Å². The summed E-state index contributed by atoms with van der Waals surface area (Å²) in [5, 5.41) is 2.73. The molecule has 0 aromatic heterocycles. The number of fused-ring (bicyclic) bond motifs is 1. The minimum atomic E-state index is -0.402. The molecule has 2 aromatic carbocycles. The van der Waals surface area contributed by atoms with Crippen LogP contribution in [0, 0.1) is 0 Å². The van der Waals surface area contributed by atoms with E-state index < -0.39 is 5.54 Å². The van der Waals surface area contributed by atoms with Crippen molar-refractivity contribution in [3.8, 4) is 0 Å². The molecule has 3 rings (SSSR count). The number of benzene rings is 2. The number of halogens is 1. The number of carbonyl (C=O) groups is 1. The first-order chi connectivity index (χ1) is 9.49. The fourth-order valence-electron chi connectivity index (χ4n) is 2.48. The number of hydrogen-bond acceptors (Lipinski definition) is 2. The largest absolute Gasteiger partial charge is 0.287 e. The molecule has 1 amide bonds. The molecule has 4 heteroatoms. The lowest BCUT2D eigenvalue weighted by Crippen LogP contribution is -2.38. The van der Waals surface area contributed by atoms with Crippen molar-refractivity contribution in [2.24, 2.45) is 0 Å². The Morgan fingerprint density at radius 1 is 1.15 bits per heavy atom. The predicted molar refractivity (Wildman–Crippen MR) is 82.3 cm³/mol. The summed E-state index contributed by atoms with van der Waals surface area (Å²) < 4.78 is 0. The van der Waals surface area contributed by atoms with Crippen LogP contribution in [-0.4, -0.2) is 11.4 Å². The summed E-state index contributed by atoms with van der Waals surface area (Å²) in [5.41, 5.74) is 6.88. The van der Waals surface area contributed by atoms with Gasteiger partial charge in [0.1, 0.15) is 0 Å². The van der Waals surface area contributed by atoms with Gasteiger partial charge in [0.05, 0.1) is 5.54 Å². The van der Waals surface area contributed by atoms with E-state index in [1.807, 2.05) is 56.3 Å². The maximum absolute atomic E-state index is 11.9. The molecule has 1 saturated heterocycles. The Labute approximate surface area is 122 Å². The molecule has 1 fully saturated rings. The Kier molecular flexibility index (Phi) is 3.04. The molecule has 0 bridgehead atoms. The molecule has 102 valence electrons. The fourth-order valence-corrected chi connectivity index (χ4v) is 2.77. The number of amides is 1. The number of carbonyl (C=O) groups excluding carboxylic acids is 1. The van der Waals surface area contributed by atoms with E-state index in [4.69, 9.17) is 11.6 Å². The van der Waals surface area contributed by atoms with Gasteiger partial charge in [0, 0.05) is 16.0 Å². The van der Waals surface area contributed by atoms with Crippen molar-refractivity contribution in [1.82, 2.24) is 10.9 Å². The van der Waals surface area contributed by atoms with Crippen molar-refractivity contribution in [3.05, 3.63) is 52.6 Å². The highest BCUT2D eigenvalue weighted by Gasteiger charge is 2.35. The summed E-state index contributed by atoms with van der Waals surface area (Å²) in [6.07, 6.45) is 1.91. The Morgan fingerprint density at radius 3 is 2.50 bits per heavy atom. The molecule has 0 spiro atoms. The fraction of sp³-hybridized carbons (Fsp3) is 0.188. The molecule has 1 aliphatic heterocycles. The summed E-state index contributed by atoms with van der Waals surface area (Å²) >= 11 is 6.31. The van der Waals surface area contributed by atoms with Crippen LogP contribution in [0.2, 0.25) is 5.02 Å². The van der Waals surface area contributed by atoms with Crippen molar-refractivity contribution in [1.29, 1.82) is 0 Å². The highest BCUT2D eigenvalue weighted by molar-refractivity contribution is 6.36. The lowest BCUT2D eigenvalue weighted by atomic mass is 9.92. The molecule has 0 aliphatic carbocycles. The van der Waals surface area contributed by atoms with E-state index in [9.17, 15) is 4.79 Å². The topological polar surface area (TPSA) is 41.1 Å². The third-order valence-electron chi connectivity index (χ3n) is 3.59. The van der Waals surface area contributed by atoms with Gasteiger partial charge in [-0.1, -0.05) is 41.9 Å². The smallest absolute Gasteiger partial charge is 0.263 e. The molecular formula is C16H15ClN2O. The third kappa shape index (κ3) is 2.09. The predicted octanol–water partition coefficient (Wildman–Crippen LogP) is 3.29. The van der Waals surface area contributed by atoms with E-state index in [1.54, 1.807) is 0 Å². The summed E-state index contributed by atoms with van der Waals surface area (Å²) in [7, 11) is 0. The average molecular weight is 287 g/mol. The van der Waals surface area contributed by atoms with Crippen molar-refractivity contribution in [2.75, 3.05) is 0 Å². The highest BCUT2D eigenvalue weighted by atomic mass is 35.5. The molecule has 1 aliphatic rings. The number of rotatable bonds is 1. The maximum Gasteiger partial charge on any atom is 0.263 e. The Hall–Kier alpha value is -1.84. The lowest BCUT2D eigenvalue weighted by Gasteiger charge is -2.17. The van der Waals surface area contributed by atoms with Crippen LogP contribution in [0.1, 0.15) is 19.4 Å². The minimum absolute atomic E-state index is 0.0981. The summed E-state index contributed by atoms with van der Waals surface area (Å²) in [6, 6.07) is 11.8. The van der Waals surface area contributed by atoms with Crippen LogP contribution < -0.4 is 10.9 Å². The highest BCUT2D eigenvalue weighted by Crippen LogP contribution is 2.30. The lowest BCUT2D eigenvalue weighted by molar-refractivity contribution is -0.116. The van der Waals surface area contributed by atoms with E-state index in [0.717, 1.165) is 16.3 Å². The third-order valence-corrected chi connectivity index (χ3v) is 3.91. The molecule has 3 nitrogen and oxygen atoms in total. The number of hydrazine groups is 1. The van der Waals surface area contributed by atoms with Gasteiger partial charge in [-0.2, -0.15) is 0 Å². The zero-order valence-electron chi connectivity index (χ0n) is 11.3. The standard InChI is InChI=1S/C16H15ClN2O/c1-16(2)12(15(20)18-19-16)9-11-7-3-5-10-6-4-8-13(17)14(10)11/h3-9,19H,1-2H3,(H,18,20)/b12-9+. The van der Waals surface area contributed by atoms with Gasteiger partial charge in [-0.3, -0.25) is 10.2 Å². The SMILES string of the molecule is CC1(C)NNC(=O)/C1=C\c1cccc2cccc(Cl)c12. The van der Waals surface area contributed by atoms with Gasteiger partial charge in [-0.25, -0.2) is 5.43 Å². The van der Waals surface area contributed by atoms with Gasteiger partial charge < -0.3 is 0 Å². The number of hydrogen-bond donors (Lipinski definition) is 2. The minimum Gasteiger partial charge on any atom is -0.287 e. The molecule has 0 saturated carbocycles. The van der Waals surface area contributed by atoms with Gasteiger partial charge in [-0.15, -0.1) is 0 Å². The van der Waals surface area contributed by atoms with Gasteiger partial charge in [0.2, 0.25) is 0 Å². The van der Waals surface area contributed by atoms with Gasteiger partial charge in [0.25, 0.3) is 5.91 Å². The quantitative estimate of drug-likeness (QED) is 0.790. The second-order valence-electron chi connectivity index (χ2n) is 5.45. The van der Waals surface area contributed by atoms with Crippen LogP contribution in [0.25, 0.3) is 16.8 Å². The van der Waals surface area contributed by atoms with Crippen LogP contribution in [0.4, 0.5) is 0 Å². The van der Waals surface area contributed by atoms with E-state index in [2.05, 4.69) is 10.9 Å². The second kappa shape index (κ2) is 4.62. The molecule has 0 atom stereocenters. The summed E-state index contributed by atoms with van der Waals surface area (Å²) in [6.45, 7) is 3.92. The zero-order valence-corrected chi connectivity index (χ0v) is 12.1. The van der Waals surface area contributed by atoms with Crippen molar-refractivity contribution in [3.63, 3.8) is 0 Å². The molecule has 2 N–H and O–H groups in total. The molecule has 0 unspecified atom stereocenters. The van der Waals surface area contributed by atoms with Gasteiger partial charge >= 0.3 is 0 Å². The van der Waals surface area contributed by atoms with E-state index in [0.29, 0.717) is 10.6 Å². The van der Waals surface area contributed by atoms with Crippen molar-refractivity contribution in [2.45, 2.75) is 19.4 Å². The maximum atomic E-state index is 11.9. The summed E-state index contributed by atoms with van der Waals surface area (Å²) in [5.74, 6) is -0.0981. The molecule has 20 heavy (non-hydrogen) atoms. The monoisotopic (exact) mass is 286 g/mol. The van der Waals surface area contributed by atoms with Crippen LogP contribution in [0.5, 0.6) is 0 Å². The van der Waals surface area contributed by atoms with Crippen molar-refractivity contribution < 1.29 is 4.79 Å². The second-order valence-corrected chi connectivity index (χ2v) is 5.85. The first-order valence-corrected chi connectivity index (χ1v) is 6.84. The van der Waals surface area contributed by atoms with Crippen molar-refractivity contribution >= 4 is 34.4 Å². The Balaban J connectivity index is 2.23. The molecule has 0 radical (unpaired) electrons. The molecule has 1 heterocycles. The van der Waals surface area contributed by atoms with Crippen LogP contribution >= 0.6 is 11.6 Å². The van der Waals surface area contributed by atoms with Crippen LogP contribution in [-0.2, 0) is 4.79 Å². The van der Waals surface area contributed by atoms with E-state index in [-0.39, 0.29) is 5.91 Å². The average Bonchev–Trinajstić information content (AvgIpc) is 2.66. The number of nitrogens with one attached hydrogen (secondary N) is 2. The zero-order chi connectivity index (χ0) is 14.3. The first-order valence-electron chi connectivity index (χ1n) is 6.46. The normalized spacial score (nSPS) is 19.6. The van der Waals surface area contributed by atoms with Gasteiger partial charge in [0.15, 0.2) is 0 Å². The van der Waals surface area contributed by atoms with E-state index >= 15 is 0 Å². The molecule has 2 aromatic rings.